The molecule has 1 saturated heterocycles. The summed E-state index contributed by atoms with van der Waals surface area (Å²) < 4.78 is 0. The monoisotopic (exact) mass is 267 g/mol. The van der Waals surface area contributed by atoms with Crippen LogP contribution in [0.3, 0.4) is 0 Å². The molecule has 1 atom stereocenters. The first-order valence-electron chi connectivity index (χ1n) is 6.92. The van der Waals surface area contributed by atoms with Gasteiger partial charge in [-0.3, -0.25) is 0 Å². The second kappa shape index (κ2) is 7.13. The van der Waals surface area contributed by atoms with E-state index in [0.717, 1.165) is 18.5 Å². The minimum atomic E-state index is -0.443. The summed E-state index contributed by atoms with van der Waals surface area (Å²) in [4.78, 5) is 2.47. The number of aliphatic hydroxyl groups is 1. The fraction of sp³-hybridized carbons (Fsp3) is 0.600. The van der Waals surface area contributed by atoms with Crippen LogP contribution in [0.1, 0.15) is 43.8 Å². The zero-order chi connectivity index (χ0) is 12.8. The summed E-state index contributed by atoms with van der Waals surface area (Å²) in [7, 11) is 0. The summed E-state index contributed by atoms with van der Waals surface area (Å²) in [6.45, 7) is 3.32. The van der Waals surface area contributed by atoms with Crippen molar-refractivity contribution in [3.8, 4) is 0 Å². The van der Waals surface area contributed by atoms with Gasteiger partial charge in [-0.2, -0.15) is 0 Å². The van der Waals surface area contributed by atoms with E-state index in [4.69, 9.17) is 11.6 Å². The lowest BCUT2D eigenvalue weighted by molar-refractivity contribution is 0.143. The maximum Gasteiger partial charge on any atom is 0.0816 e. The Kier molecular flexibility index (Phi) is 5.48. The van der Waals surface area contributed by atoms with Gasteiger partial charge in [-0.15, -0.1) is 0 Å². The maximum atomic E-state index is 10.2. The number of benzene rings is 1. The number of aliphatic hydroxyl groups excluding tert-OH is 1. The van der Waals surface area contributed by atoms with Gasteiger partial charge in [0.1, 0.15) is 0 Å². The number of rotatable bonds is 4. The highest BCUT2D eigenvalue weighted by molar-refractivity contribution is 6.31. The summed E-state index contributed by atoms with van der Waals surface area (Å²) in [6.07, 6.45) is 5.61. The molecule has 0 amide bonds. The molecule has 1 unspecified atom stereocenters. The molecule has 1 N–H and O–H groups in total. The van der Waals surface area contributed by atoms with Crippen molar-refractivity contribution in [1.29, 1.82) is 0 Å². The third-order valence-corrected chi connectivity index (χ3v) is 4.03. The first kappa shape index (κ1) is 13.9. The lowest BCUT2D eigenvalue weighted by Crippen LogP contribution is -2.26. The van der Waals surface area contributed by atoms with E-state index in [2.05, 4.69) is 4.90 Å². The Balaban J connectivity index is 1.84. The topological polar surface area (TPSA) is 23.5 Å². The zero-order valence-corrected chi connectivity index (χ0v) is 11.6. The third kappa shape index (κ3) is 3.98. The zero-order valence-electron chi connectivity index (χ0n) is 10.8. The molecular formula is C15H22ClNO. The van der Waals surface area contributed by atoms with E-state index in [1.807, 2.05) is 24.3 Å². The smallest absolute Gasteiger partial charge is 0.0816 e. The van der Waals surface area contributed by atoms with Crippen molar-refractivity contribution in [2.75, 3.05) is 19.6 Å². The molecule has 1 heterocycles. The van der Waals surface area contributed by atoms with E-state index in [9.17, 15) is 5.11 Å². The van der Waals surface area contributed by atoms with Crippen molar-refractivity contribution in [2.24, 2.45) is 0 Å². The predicted octanol–water partition coefficient (Wildman–Crippen LogP) is 3.64. The van der Waals surface area contributed by atoms with Crippen LogP contribution in [0.25, 0.3) is 0 Å². The minimum absolute atomic E-state index is 0.443. The van der Waals surface area contributed by atoms with Crippen LogP contribution in [0.2, 0.25) is 5.02 Å². The van der Waals surface area contributed by atoms with Crippen LogP contribution < -0.4 is 0 Å². The SMILES string of the molecule is OC(CCN1CCCCCC1)c1ccccc1Cl. The highest BCUT2D eigenvalue weighted by atomic mass is 35.5. The van der Waals surface area contributed by atoms with Crippen molar-refractivity contribution in [1.82, 2.24) is 4.90 Å². The first-order valence-corrected chi connectivity index (χ1v) is 7.30. The number of likely N-dealkylation sites (tertiary alicyclic amines) is 1. The molecule has 1 fully saturated rings. The fourth-order valence-corrected chi connectivity index (χ4v) is 2.83. The molecule has 18 heavy (non-hydrogen) atoms. The lowest BCUT2D eigenvalue weighted by atomic mass is 10.1. The van der Waals surface area contributed by atoms with Gasteiger partial charge in [-0.05, 0) is 44.0 Å². The average molecular weight is 268 g/mol. The van der Waals surface area contributed by atoms with E-state index in [1.165, 1.54) is 38.8 Å². The lowest BCUT2D eigenvalue weighted by Gasteiger charge is -2.21. The first-order chi connectivity index (χ1) is 8.77. The highest BCUT2D eigenvalue weighted by Gasteiger charge is 2.14. The molecule has 0 aliphatic carbocycles. The van der Waals surface area contributed by atoms with Crippen LogP contribution >= 0.6 is 11.6 Å². The molecule has 3 heteroatoms. The van der Waals surface area contributed by atoms with Gasteiger partial charge in [-0.25, -0.2) is 0 Å². The second-order valence-electron chi connectivity index (χ2n) is 5.08. The Morgan fingerprint density at radius 1 is 1.11 bits per heavy atom. The molecule has 0 radical (unpaired) electrons. The Hall–Kier alpha value is -0.570. The highest BCUT2D eigenvalue weighted by Crippen LogP contribution is 2.25. The van der Waals surface area contributed by atoms with Gasteiger partial charge in [-0.1, -0.05) is 42.6 Å². The van der Waals surface area contributed by atoms with Crippen molar-refractivity contribution in [2.45, 2.75) is 38.2 Å². The maximum absolute atomic E-state index is 10.2. The van der Waals surface area contributed by atoms with Gasteiger partial charge in [0, 0.05) is 11.6 Å². The molecule has 1 aliphatic rings. The summed E-state index contributed by atoms with van der Waals surface area (Å²) >= 11 is 6.09. The molecule has 1 aromatic rings. The van der Waals surface area contributed by atoms with Gasteiger partial charge in [0.05, 0.1) is 6.10 Å². The molecule has 0 bridgehead atoms. The van der Waals surface area contributed by atoms with Crippen LogP contribution in [0.5, 0.6) is 0 Å². The van der Waals surface area contributed by atoms with E-state index < -0.39 is 6.10 Å². The third-order valence-electron chi connectivity index (χ3n) is 3.68. The van der Waals surface area contributed by atoms with Crippen molar-refractivity contribution >= 4 is 11.6 Å². The van der Waals surface area contributed by atoms with Gasteiger partial charge < -0.3 is 10.0 Å². The van der Waals surface area contributed by atoms with Crippen LogP contribution in [0, 0.1) is 0 Å². The largest absolute Gasteiger partial charge is 0.388 e. The van der Waals surface area contributed by atoms with Gasteiger partial charge in [0.2, 0.25) is 0 Å². The average Bonchev–Trinajstić information content (AvgIpc) is 2.65. The molecular weight excluding hydrogens is 246 g/mol. The van der Waals surface area contributed by atoms with E-state index >= 15 is 0 Å². The van der Waals surface area contributed by atoms with Gasteiger partial charge >= 0.3 is 0 Å². The van der Waals surface area contributed by atoms with E-state index in [-0.39, 0.29) is 0 Å². The molecule has 0 aromatic heterocycles. The molecule has 0 saturated carbocycles. The van der Waals surface area contributed by atoms with E-state index in [1.54, 1.807) is 0 Å². The van der Waals surface area contributed by atoms with Crippen LogP contribution in [-0.4, -0.2) is 29.6 Å². The minimum Gasteiger partial charge on any atom is -0.388 e. The quantitative estimate of drug-likeness (QED) is 0.900. The molecule has 100 valence electrons. The number of nitrogens with zero attached hydrogens (tertiary/aromatic N) is 1. The predicted molar refractivity (Wildman–Crippen MR) is 75.9 cm³/mol. The Labute approximate surface area is 115 Å². The van der Waals surface area contributed by atoms with Crippen LogP contribution in [-0.2, 0) is 0 Å². The Morgan fingerprint density at radius 3 is 2.44 bits per heavy atom. The van der Waals surface area contributed by atoms with Crippen molar-refractivity contribution < 1.29 is 5.11 Å². The van der Waals surface area contributed by atoms with Gasteiger partial charge in [0.25, 0.3) is 0 Å². The summed E-state index contributed by atoms with van der Waals surface area (Å²) in [6, 6.07) is 7.57. The number of hydrogen-bond donors (Lipinski definition) is 1. The summed E-state index contributed by atoms with van der Waals surface area (Å²) in [5.41, 5.74) is 0.856. The Morgan fingerprint density at radius 2 is 1.78 bits per heavy atom. The molecule has 0 spiro atoms. The van der Waals surface area contributed by atoms with Crippen LogP contribution in [0.15, 0.2) is 24.3 Å². The second-order valence-corrected chi connectivity index (χ2v) is 5.49. The Bertz CT molecular complexity index is 361. The molecule has 2 nitrogen and oxygen atoms in total. The van der Waals surface area contributed by atoms with Crippen molar-refractivity contribution in [3.63, 3.8) is 0 Å². The van der Waals surface area contributed by atoms with E-state index in [0.29, 0.717) is 5.02 Å². The molecule has 1 aromatic carbocycles. The standard InChI is InChI=1S/C15H22ClNO/c16-14-8-4-3-7-13(14)15(18)9-12-17-10-5-1-2-6-11-17/h3-4,7-8,15,18H,1-2,5-6,9-12H2. The number of halogens is 1. The van der Waals surface area contributed by atoms with Gasteiger partial charge in [0.15, 0.2) is 0 Å². The molecule has 2 rings (SSSR count). The molecule has 1 aliphatic heterocycles. The normalized spacial score (nSPS) is 19.4. The fourth-order valence-electron chi connectivity index (χ4n) is 2.57. The summed E-state index contributed by atoms with van der Waals surface area (Å²) in [5, 5.41) is 10.9. The number of hydrogen-bond acceptors (Lipinski definition) is 2. The summed E-state index contributed by atoms with van der Waals surface area (Å²) in [5.74, 6) is 0. The van der Waals surface area contributed by atoms with Crippen LogP contribution in [0.4, 0.5) is 0 Å². The van der Waals surface area contributed by atoms with Crippen molar-refractivity contribution in [3.05, 3.63) is 34.9 Å².